The third-order valence-electron chi connectivity index (χ3n) is 3.83. The van der Waals surface area contributed by atoms with E-state index in [1.54, 1.807) is 29.2 Å². The Bertz CT molecular complexity index is 644. The van der Waals surface area contributed by atoms with Crippen LogP contribution in [0.25, 0.3) is 0 Å². The number of Topliss-reactive ketones (excluding diaryl/α,β-unsaturated/α-hetero) is 1. The molecular formula is C18H21FN2O2. The minimum Gasteiger partial charge on any atom is -0.366 e. The molecule has 1 heterocycles. The molecule has 0 N–H and O–H groups in total. The first kappa shape index (κ1) is 16.9. The molecule has 0 saturated carbocycles. The number of halogens is 1. The number of nitrogens with zero attached hydrogens (tertiary/aromatic N) is 2. The molecular weight excluding hydrogens is 295 g/mol. The van der Waals surface area contributed by atoms with Crippen molar-refractivity contribution >= 4 is 17.4 Å². The Morgan fingerprint density at radius 2 is 1.83 bits per heavy atom. The van der Waals surface area contributed by atoms with Crippen LogP contribution in [-0.4, -0.2) is 42.8 Å². The number of carbonyl (C=O) groups is 2. The summed E-state index contributed by atoms with van der Waals surface area (Å²) >= 11 is 0. The zero-order valence-corrected chi connectivity index (χ0v) is 13.5. The summed E-state index contributed by atoms with van der Waals surface area (Å²) in [6.45, 7) is 5.54. The highest BCUT2D eigenvalue weighted by Gasteiger charge is 2.21. The molecule has 0 bridgehead atoms. The molecule has 4 nitrogen and oxygen atoms in total. The highest BCUT2D eigenvalue weighted by molar-refractivity contribution is 5.94. The third-order valence-corrected chi connectivity index (χ3v) is 3.83. The average Bonchev–Trinajstić information content (AvgIpc) is 2.55. The Labute approximate surface area is 135 Å². The van der Waals surface area contributed by atoms with Crippen molar-refractivity contribution < 1.29 is 14.0 Å². The van der Waals surface area contributed by atoms with Crippen LogP contribution < -0.4 is 4.90 Å². The van der Waals surface area contributed by atoms with E-state index in [2.05, 4.69) is 0 Å². The lowest BCUT2D eigenvalue weighted by Crippen LogP contribution is -2.48. The predicted molar refractivity (Wildman–Crippen MR) is 89.2 cm³/mol. The summed E-state index contributed by atoms with van der Waals surface area (Å²) in [6, 6.07) is 4.54. The number of rotatable bonds is 4. The molecule has 1 saturated heterocycles. The Balaban J connectivity index is 1.99. The van der Waals surface area contributed by atoms with Gasteiger partial charge in [-0.2, -0.15) is 0 Å². The largest absolute Gasteiger partial charge is 0.366 e. The van der Waals surface area contributed by atoms with Crippen LogP contribution in [0.4, 0.5) is 10.1 Å². The number of amides is 1. The summed E-state index contributed by atoms with van der Waals surface area (Å²) in [5, 5.41) is 0. The molecule has 0 aromatic heterocycles. The van der Waals surface area contributed by atoms with E-state index >= 15 is 0 Å². The van der Waals surface area contributed by atoms with E-state index < -0.39 is 5.82 Å². The number of anilines is 1. The van der Waals surface area contributed by atoms with Gasteiger partial charge in [0.25, 0.3) is 0 Å². The quantitative estimate of drug-likeness (QED) is 0.487. The second-order valence-corrected chi connectivity index (χ2v) is 5.42. The fourth-order valence-corrected chi connectivity index (χ4v) is 2.50. The van der Waals surface area contributed by atoms with Gasteiger partial charge in [0, 0.05) is 37.8 Å². The molecule has 1 fully saturated rings. The summed E-state index contributed by atoms with van der Waals surface area (Å²) in [7, 11) is 0. The van der Waals surface area contributed by atoms with Crippen LogP contribution in [-0.2, 0) is 4.79 Å². The summed E-state index contributed by atoms with van der Waals surface area (Å²) in [4.78, 5) is 26.9. The highest BCUT2D eigenvalue weighted by Crippen LogP contribution is 2.22. The molecule has 1 aliphatic rings. The highest BCUT2D eigenvalue weighted by atomic mass is 19.1. The van der Waals surface area contributed by atoms with Gasteiger partial charge in [0.2, 0.25) is 5.91 Å². The van der Waals surface area contributed by atoms with Crippen molar-refractivity contribution in [2.75, 3.05) is 31.1 Å². The number of carbonyl (C=O) groups excluding carboxylic acids is 2. The van der Waals surface area contributed by atoms with Crippen molar-refractivity contribution in [2.24, 2.45) is 0 Å². The average molecular weight is 316 g/mol. The molecule has 23 heavy (non-hydrogen) atoms. The van der Waals surface area contributed by atoms with Crippen molar-refractivity contribution in [2.45, 2.75) is 13.8 Å². The van der Waals surface area contributed by atoms with Gasteiger partial charge in [-0.15, -0.1) is 0 Å². The lowest BCUT2D eigenvalue weighted by Gasteiger charge is -2.35. The van der Waals surface area contributed by atoms with Crippen LogP contribution in [0.2, 0.25) is 0 Å². The van der Waals surface area contributed by atoms with Gasteiger partial charge in [-0.1, -0.05) is 18.2 Å². The van der Waals surface area contributed by atoms with Crippen molar-refractivity contribution in [1.82, 2.24) is 4.90 Å². The maximum absolute atomic E-state index is 14.2. The van der Waals surface area contributed by atoms with Crippen molar-refractivity contribution in [3.05, 3.63) is 53.9 Å². The number of ketones is 1. The fourth-order valence-electron chi connectivity index (χ4n) is 2.50. The van der Waals surface area contributed by atoms with Crippen molar-refractivity contribution in [3.63, 3.8) is 0 Å². The van der Waals surface area contributed by atoms with Crippen LogP contribution in [0.5, 0.6) is 0 Å². The van der Waals surface area contributed by atoms with Crippen LogP contribution in [0.15, 0.2) is 42.5 Å². The smallest absolute Gasteiger partial charge is 0.246 e. The number of hydrogen-bond donors (Lipinski definition) is 0. The fraction of sp³-hybridized carbons (Fsp3) is 0.333. The number of allylic oxidation sites excluding steroid dienone is 3. The number of benzene rings is 1. The Kier molecular flexibility index (Phi) is 5.68. The van der Waals surface area contributed by atoms with E-state index in [0.717, 1.165) is 0 Å². The summed E-state index contributed by atoms with van der Waals surface area (Å²) < 4.78 is 14.2. The van der Waals surface area contributed by atoms with Crippen molar-refractivity contribution in [1.29, 1.82) is 0 Å². The minimum absolute atomic E-state index is 0.0323. The second kappa shape index (κ2) is 7.72. The SMILES string of the molecule is CC=CC=CC(=O)N1CCN(c2ccc(C(C)=O)cc2F)CC1. The van der Waals surface area contributed by atoms with Gasteiger partial charge in [-0.3, -0.25) is 9.59 Å². The van der Waals surface area contributed by atoms with Gasteiger partial charge in [-0.25, -0.2) is 4.39 Å². The lowest BCUT2D eigenvalue weighted by molar-refractivity contribution is -0.126. The first-order chi connectivity index (χ1) is 11.0. The van der Waals surface area contributed by atoms with Crippen LogP contribution >= 0.6 is 0 Å². The molecule has 1 aliphatic heterocycles. The topological polar surface area (TPSA) is 40.6 Å². The maximum atomic E-state index is 14.2. The van der Waals surface area contributed by atoms with Gasteiger partial charge in [0.1, 0.15) is 5.82 Å². The summed E-state index contributed by atoms with van der Waals surface area (Å²) in [5.74, 6) is -0.584. The van der Waals surface area contributed by atoms with E-state index in [4.69, 9.17) is 0 Å². The number of piperazine rings is 1. The standard InChI is InChI=1S/C18H21FN2O2/c1-3-4-5-6-18(23)21-11-9-20(10-12-21)17-8-7-15(14(2)22)13-16(17)19/h3-8,13H,9-12H2,1-2H3. The van der Waals surface area contributed by atoms with Gasteiger partial charge in [-0.05, 0) is 32.0 Å². The maximum Gasteiger partial charge on any atom is 0.246 e. The van der Waals surface area contributed by atoms with Gasteiger partial charge in [0.15, 0.2) is 5.78 Å². The molecule has 0 spiro atoms. The Morgan fingerprint density at radius 1 is 1.13 bits per heavy atom. The zero-order valence-electron chi connectivity index (χ0n) is 13.5. The lowest BCUT2D eigenvalue weighted by atomic mass is 10.1. The molecule has 1 aromatic carbocycles. The molecule has 1 aromatic rings. The summed E-state index contributed by atoms with van der Waals surface area (Å²) in [5.41, 5.74) is 0.848. The monoisotopic (exact) mass is 316 g/mol. The molecule has 0 unspecified atom stereocenters. The van der Waals surface area contributed by atoms with E-state index in [1.165, 1.54) is 19.1 Å². The second-order valence-electron chi connectivity index (χ2n) is 5.42. The van der Waals surface area contributed by atoms with Crippen molar-refractivity contribution in [3.8, 4) is 0 Å². The molecule has 0 atom stereocenters. The molecule has 5 heteroatoms. The summed E-state index contributed by atoms with van der Waals surface area (Å²) in [6.07, 6.45) is 6.92. The molecule has 1 amide bonds. The third kappa shape index (κ3) is 4.28. The van der Waals surface area contributed by atoms with E-state index in [0.29, 0.717) is 37.4 Å². The van der Waals surface area contributed by atoms with E-state index in [9.17, 15) is 14.0 Å². The predicted octanol–water partition coefficient (Wildman–Crippen LogP) is 2.81. The Morgan fingerprint density at radius 3 is 2.39 bits per heavy atom. The normalized spacial score (nSPS) is 15.6. The first-order valence-corrected chi connectivity index (χ1v) is 7.66. The van der Waals surface area contributed by atoms with Gasteiger partial charge >= 0.3 is 0 Å². The van der Waals surface area contributed by atoms with Crippen LogP contribution in [0.1, 0.15) is 24.2 Å². The Hall–Kier alpha value is -2.43. The molecule has 0 aliphatic carbocycles. The van der Waals surface area contributed by atoms with Gasteiger partial charge < -0.3 is 9.80 Å². The molecule has 0 radical (unpaired) electrons. The van der Waals surface area contributed by atoms with Crippen LogP contribution in [0.3, 0.4) is 0 Å². The van der Waals surface area contributed by atoms with Crippen LogP contribution in [0, 0.1) is 5.82 Å². The number of hydrogen-bond acceptors (Lipinski definition) is 3. The first-order valence-electron chi connectivity index (χ1n) is 7.66. The van der Waals surface area contributed by atoms with E-state index in [1.807, 2.05) is 17.9 Å². The van der Waals surface area contributed by atoms with E-state index in [-0.39, 0.29) is 11.7 Å². The van der Waals surface area contributed by atoms with Gasteiger partial charge in [0.05, 0.1) is 5.69 Å². The molecule has 2 rings (SSSR count). The zero-order chi connectivity index (χ0) is 16.8. The molecule has 122 valence electrons. The minimum atomic E-state index is -0.398.